The van der Waals surface area contributed by atoms with Gasteiger partial charge in [-0.05, 0) is 39.2 Å². The smallest absolute Gasteiger partial charge is 0.431 e. The Labute approximate surface area is 110 Å². The Morgan fingerprint density at radius 3 is 2.78 bits per heavy atom. The normalized spacial score (nSPS) is 20.7. The van der Waals surface area contributed by atoms with Gasteiger partial charge in [-0.3, -0.25) is 5.32 Å². The number of rotatable bonds is 8. The fourth-order valence-electron chi connectivity index (χ4n) is 2.16. The topological polar surface area (TPSA) is 47.6 Å². The molecule has 0 aliphatic carbocycles. The van der Waals surface area contributed by atoms with Crippen LogP contribution in [-0.2, 0) is 9.47 Å². The molecular formula is C14H27NO3. The van der Waals surface area contributed by atoms with E-state index in [4.69, 9.17) is 9.47 Å². The molecule has 1 saturated heterocycles. The van der Waals surface area contributed by atoms with Gasteiger partial charge < -0.3 is 9.47 Å². The van der Waals surface area contributed by atoms with Gasteiger partial charge in [-0.2, -0.15) is 0 Å². The molecule has 106 valence electrons. The molecule has 0 bridgehead atoms. The second-order valence-corrected chi connectivity index (χ2v) is 5.08. The van der Waals surface area contributed by atoms with Crippen molar-refractivity contribution in [1.29, 1.82) is 0 Å². The first-order valence-electron chi connectivity index (χ1n) is 7.33. The number of ether oxygens (including phenoxy) is 2. The van der Waals surface area contributed by atoms with Crippen molar-refractivity contribution >= 4 is 6.16 Å². The van der Waals surface area contributed by atoms with Crippen LogP contribution >= 0.6 is 0 Å². The highest BCUT2D eigenvalue weighted by atomic mass is 16.7. The van der Waals surface area contributed by atoms with E-state index in [0.29, 0.717) is 0 Å². The van der Waals surface area contributed by atoms with Gasteiger partial charge in [0.1, 0.15) is 6.10 Å². The molecule has 18 heavy (non-hydrogen) atoms. The van der Waals surface area contributed by atoms with E-state index < -0.39 is 6.16 Å². The SMILES string of the molecule is CCCCCCCC(C)OC(=O)OC1CCCN1. The van der Waals surface area contributed by atoms with E-state index in [9.17, 15) is 4.79 Å². The average Bonchev–Trinajstić information content (AvgIpc) is 2.81. The van der Waals surface area contributed by atoms with Crippen LogP contribution in [0.25, 0.3) is 0 Å². The van der Waals surface area contributed by atoms with Gasteiger partial charge in [-0.15, -0.1) is 0 Å². The first-order valence-corrected chi connectivity index (χ1v) is 7.33. The molecule has 0 spiro atoms. The summed E-state index contributed by atoms with van der Waals surface area (Å²) in [6.07, 6.45) is 8.33. The molecule has 2 atom stereocenters. The number of nitrogens with one attached hydrogen (secondary N) is 1. The quantitative estimate of drug-likeness (QED) is 0.533. The zero-order valence-electron chi connectivity index (χ0n) is 11.7. The summed E-state index contributed by atoms with van der Waals surface area (Å²) in [5.74, 6) is 0. The highest BCUT2D eigenvalue weighted by molar-refractivity contribution is 5.60. The third-order valence-electron chi connectivity index (χ3n) is 3.27. The minimum Gasteiger partial charge on any atom is -0.431 e. The molecular weight excluding hydrogens is 230 g/mol. The number of carbonyl (C=O) groups excluding carboxylic acids is 1. The summed E-state index contributed by atoms with van der Waals surface area (Å²) in [7, 11) is 0. The van der Waals surface area contributed by atoms with Crippen LogP contribution in [0.2, 0.25) is 0 Å². The van der Waals surface area contributed by atoms with Crippen molar-refractivity contribution in [3.8, 4) is 0 Å². The van der Waals surface area contributed by atoms with Gasteiger partial charge >= 0.3 is 6.16 Å². The molecule has 0 saturated carbocycles. The monoisotopic (exact) mass is 257 g/mol. The molecule has 0 amide bonds. The molecule has 0 aromatic carbocycles. The number of hydrogen-bond acceptors (Lipinski definition) is 4. The van der Waals surface area contributed by atoms with Crippen LogP contribution in [0, 0.1) is 0 Å². The van der Waals surface area contributed by atoms with Crippen LogP contribution in [0.1, 0.15) is 65.2 Å². The molecule has 1 N–H and O–H groups in total. The summed E-state index contributed by atoms with van der Waals surface area (Å²) in [5, 5.41) is 3.10. The Morgan fingerprint density at radius 1 is 1.33 bits per heavy atom. The molecule has 0 aromatic rings. The third kappa shape index (κ3) is 6.84. The number of unbranched alkanes of at least 4 members (excludes halogenated alkanes) is 4. The van der Waals surface area contributed by atoms with Crippen molar-refractivity contribution < 1.29 is 14.3 Å². The molecule has 4 heteroatoms. The molecule has 0 aromatic heterocycles. The average molecular weight is 257 g/mol. The van der Waals surface area contributed by atoms with Crippen LogP contribution in [0.15, 0.2) is 0 Å². The summed E-state index contributed by atoms with van der Waals surface area (Å²) in [4.78, 5) is 11.5. The standard InChI is InChI=1S/C14H27NO3/c1-3-4-5-6-7-9-12(2)17-14(16)18-13-10-8-11-15-13/h12-13,15H,3-11H2,1-2H3. The second-order valence-electron chi connectivity index (χ2n) is 5.08. The van der Waals surface area contributed by atoms with Crippen molar-refractivity contribution in [2.75, 3.05) is 6.54 Å². The third-order valence-corrected chi connectivity index (χ3v) is 3.27. The predicted molar refractivity (Wildman–Crippen MR) is 71.4 cm³/mol. The van der Waals surface area contributed by atoms with Gasteiger partial charge in [0.15, 0.2) is 6.23 Å². The van der Waals surface area contributed by atoms with Crippen LogP contribution in [0.4, 0.5) is 4.79 Å². The Kier molecular flexibility index (Phi) is 7.81. The van der Waals surface area contributed by atoms with Gasteiger partial charge in [0, 0.05) is 0 Å². The van der Waals surface area contributed by atoms with Crippen molar-refractivity contribution in [2.24, 2.45) is 0 Å². The lowest BCUT2D eigenvalue weighted by Gasteiger charge is -2.16. The summed E-state index contributed by atoms with van der Waals surface area (Å²) in [6, 6.07) is 0. The first-order chi connectivity index (χ1) is 8.72. The van der Waals surface area contributed by atoms with E-state index in [1.807, 2.05) is 6.92 Å². The maximum Gasteiger partial charge on any atom is 0.510 e. The summed E-state index contributed by atoms with van der Waals surface area (Å²) < 4.78 is 10.4. The summed E-state index contributed by atoms with van der Waals surface area (Å²) >= 11 is 0. The molecule has 1 aliphatic rings. The lowest BCUT2D eigenvalue weighted by Crippen LogP contribution is -2.29. The molecule has 4 nitrogen and oxygen atoms in total. The molecule has 1 fully saturated rings. The van der Waals surface area contributed by atoms with Crippen molar-refractivity contribution in [1.82, 2.24) is 5.32 Å². The minimum atomic E-state index is -0.532. The van der Waals surface area contributed by atoms with E-state index in [1.165, 1.54) is 25.7 Å². The zero-order valence-corrected chi connectivity index (χ0v) is 11.7. The van der Waals surface area contributed by atoms with Crippen LogP contribution in [0.3, 0.4) is 0 Å². The number of carbonyl (C=O) groups is 1. The highest BCUT2D eigenvalue weighted by Gasteiger charge is 2.20. The second kappa shape index (κ2) is 9.20. The lowest BCUT2D eigenvalue weighted by atomic mass is 10.1. The van der Waals surface area contributed by atoms with Crippen molar-refractivity contribution in [3.63, 3.8) is 0 Å². The Balaban J connectivity index is 2.00. The maximum absolute atomic E-state index is 11.5. The van der Waals surface area contributed by atoms with Crippen molar-refractivity contribution in [2.45, 2.75) is 77.5 Å². The molecule has 0 radical (unpaired) electrons. The first kappa shape index (κ1) is 15.3. The van der Waals surface area contributed by atoms with E-state index in [0.717, 1.165) is 32.2 Å². The fraction of sp³-hybridized carbons (Fsp3) is 0.929. The lowest BCUT2D eigenvalue weighted by molar-refractivity contribution is -0.00330. The minimum absolute atomic E-state index is 0.0412. The van der Waals surface area contributed by atoms with Crippen LogP contribution in [-0.4, -0.2) is 25.0 Å². The van der Waals surface area contributed by atoms with Gasteiger partial charge in [0.05, 0.1) is 0 Å². The Hall–Kier alpha value is -0.770. The van der Waals surface area contributed by atoms with Crippen LogP contribution < -0.4 is 5.32 Å². The predicted octanol–water partition coefficient (Wildman–Crippen LogP) is 3.60. The van der Waals surface area contributed by atoms with Gasteiger partial charge in [0.2, 0.25) is 0 Å². The molecule has 1 rings (SSSR count). The maximum atomic E-state index is 11.5. The number of hydrogen-bond donors (Lipinski definition) is 1. The van der Waals surface area contributed by atoms with E-state index in [1.54, 1.807) is 0 Å². The summed E-state index contributed by atoms with van der Waals surface area (Å²) in [5.41, 5.74) is 0. The van der Waals surface area contributed by atoms with E-state index >= 15 is 0 Å². The van der Waals surface area contributed by atoms with Gasteiger partial charge in [0.25, 0.3) is 0 Å². The highest BCUT2D eigenvalue weighted by Crippen LogP contribution is 2.12. The summed E-state index contributed by atoms with van der Waals surface area (Å²) in [6.45, 7) is 5.06. The van der Waals surface area contributed by atoms with Gasteiger partial charge in [-0.1, -0.05) is 32.6 Å². The molecule has 1 aliphatic heterocycles. The largest absolute Gasteiger partial charge is 0.510 e. The molecule has 1 heterocycles. The fourth-order valence-corrected chi connectivity index (χ4v) is 2.16. The Bertz CT molecular complexity index is 227. The zero-order chi connectivity index (χ0) is 13.2. The molecule has 2 unspecified atom stereocenters. The van der Waals surface area contributed by atoms with E-state index in [2.05, 4.69) is 12.2 Å². The Morgan fingerprint density at radius 2 is 2.11 bits per heavy atom. The van der Waals surface area contributed by atoms with Crippen LogP contribution in [0.5, 0.6) is 0 Å². The van der Waals surface area contributed by atoms with E-state index in [-0.39, 0.29) is 12.3 Å². The van der Waals surface area contributed by atoms with Gasteiger partial charge in [-0.25, -0.2) is 4.79 Å². The van der Waals surface area contributed by atoms with Crippen molar-refractivity contribution in [3.05, 3.63) is 0 Å².